The van der Waals surface area contributed by atoms with Gasteiger partial charge < -0.3 is 9.73 Å². The van der Waals surface area contributed by atoms with Crippen LogP contribution in [0, 0.1) is 13.8 Å². The number of benzene rings is 1. The molecule has 2 aromatic rings. The van der Waals surface area contributed by atoms with E-state index in [1.165, 1.54) is 11.6 Å². The minimum absolute atomic E-state index is 0.0216. The molecule has 3 heteroatoms. The first-order valence-corrected chi connectivity index (χ1v) is 6.67. The van der Waals surface area contributed by atoms with Gasteiger partial charge in [-0.25, -0.2) is 0 Å². The third-order valence-corrected chi connectivity index (χ3v) is 3.17. The van der Waals surface area contributed by atoms with Gasteiger partial charge in [0, 0.05) is 6.08 Å². The molecule has 0 bridgehead atoms. The van der Waals surface area contributed by atoms with E-state index in [0.717, 1.165) is 11.3 Å². The van der Waals surface area contributed by atoms with Crippen molar-refractivity contribution in [1.29, 1.82) is 0 Å². The number of hydrogen-bond acceptors (Lipinski definition) is 2. The van der Waals surface area contributed by atoms with Gasteiger partial charge in [-0.2, -0.15) is 0 Å². The van der Waals surface area contributed by atoms with Crippen LogP contribution in [0.3, 0.4) is 0 Å². The van der Waals surface area contributed by atoms with Gasteiger partial charge in [-0.3, -0.25) is 4.79 Å². The van der Waals surface area contributed by atoms with Crippen LogP contribution in [0.5, 0.6) is 0 Å². The van der Waals surface area contributed by atoms with Crippen molar-refractivity contribution in [3.05, 3.63) is 65.1 Å². The van der Waals surface area contributed by atoms with Crippen molar-refractivity contribution in [2.75, 3.05) is 0 Å². The number of rotatable bonds is 4. The monoisotopic (exact) mass is 269 g/mol. The van der Waals surface area contributed by atoms with E-state index in [1.807, 2.05) is 57.2 Å². The van der Waals surface area contributed by atoms with Gasteiger partial charge in [0.15, 0.2) is 0 Å². The molecular weight excluding hydrogens is 250 g/mol. The zero-order valence-electron chi connectivity index (χ0n) is 12.0. The van der Waals surface area contributed by atoms with Gasteiger partial charge in [0.05, 0.1) is 6.04 Å². The maximum absolute atomic E-state index is 11.9. The molecule has 0 aliphatic rings. The van der Waals surface area contributed by atoms with Crippen molar-refractivity contribution in [2.24, 2.45) is 0 Å². The minimum atomic E-state index is -0.130. The summed E-state index contributed by atoms with van der Waals surface area (Å²) in [5.74, 6) is 1.38. The zero-order valence-corrected chi connectivity index (χ0v) is 12.0. The first-order chi connectivity index (χ1) is 9.56. The van der Waals surface area contributed by atoms with Crippen LogP contribution in [-0.2, 0) is 4.79 Å². The summed E-state index contributed by atoms with van der Waals surface area (Å²) in [4.78, 5) is 11.9. The number of furan rings is 1. The Hall–Kier alpha value is -2.29. The molecule has 0 spiro atoms. The van der Waals surface area contributed by atoms with Gasteiger partial charge in [-0.1, -0.05) is 24.3 Å². The Bertz CT molecular complexity index is 625. The number of amides is 1. The Balaban J connectivity index is 1.98. The fraction of sp³-hybridized carbons (Fsp3) is 0.235. The third kappa shape index (κ3) is 3.60. The number of nitrogens with one attached hydrogen (secondary N) is 1. The molecule has 1 atom stereocenters. The predicted octanol–water partition coefficient (Wildman–Crippen LogP) is 3.79. The second-order valence-corrected chi connectivity index (χ2v) is 4.87. The highest BCUT2D eigenvalue weighted by Gasteiger charge is 2.09. The topological polar surface area (TPSA) is 42.2 Å². The van der Waals surface area contributed by atoms with Crippen LogP contribution < -0.4 is 5.32 Å². The molecule has 2 rings (SSSR count). The first-order valence-electron chi connectivity index (χ1n) is 6.67. The highest BCUT2D eigenvalue weighted by Crippen LogP contribution is 2.16. The molecule has 0 saturated heterocycles. The van der Waals surface area contributed by atoms with Crippen molar-refractivity contribution in [3.63, 3.8) is 0 Å². The molecule has 1 aromatic carbocycles. The van der Waals surface area contributed by atoms with E-state index < -0.39 is 0 Å². The molecule has 0 fully saturated rings. The van der Waals surface area contributed by atoms with E-state index in [9.17, 15) is 4.79 Å². The maximum atomic E-state index is 11.9. The Kier molecular flexibility index (Phi) is 4.41. The van der Waals surface area contributed by atoms with Crippen molar-refractivity contribution in [2.45, 2.75) is 26.8 Å². The highest BCUT2D eigenvalue weighted by molar-refractivity contribution is 5.91. The molecule has 3 nitrogen and oxygen atoms in total. The van der Waals surface area contributed by atoms with Crippen LogP contribution in [-0.4, -0.2) is 5.91 Å². The second kappa shape index (κ2) is 6.24. The summed E-state index contributed by atoms with van der Waals surface area (Å²) in [5.41, 5.74) is 2.30. The number of carbonyl (C=O) groups is 1. The van der Waals surface area contributed by atoms with Crippen LogP contribution in [0.4, 0.5) is 0 Å². The summed E-state index contributed by atoms with van der Waals surface area (Å²) < 4.78 is 5.38. The number of hydrogen-bond donors (Lipinski definition) is 1. The van der Waals surface area contributed by atoms with E-state index in [1.54, 1.807) is 6.08 Å². The molecule has 0 saturated carbocycles. The normalized spacial score (nSPS) is 12.6. The minimum Gasteiger partial charge on any atom is -0.462 e. The lowest BCUT2D eigenvalue weighted by atomic mass is 10.0. The summed E-state index contributed by atoms with van der Waals surface area (Å²) in [7, 11) is 0. The van der Waals surface area contributed by atoms with Gasteiger partial charge in [0.2, 0.25) is 5.91 Å². The molecule has 20 heavy (non-hydrogen) atoms. The largest absolute Gasteiger partial charge is 0.462 e. The van der Waals surface area contributed by atoms with E-state index in [0.29, 0.717) is 5.76 Å². The Labute approximate surface area is 119 Å². The standard InChI is InChI=1S/C17H19NO2/c1-12-6-4-5-7-16(12)14(3)18-17(19)11-10-15-9-8-13(2)20-15/h4-11,14H,1-3H3,(H,18,19)/b11-10+. The quantitative estimate of drug-likeness (QED) is 0.858. The molecule has 1 heterocycles. The Morgan fingerprint density at radius 1 is 1.20 bits per heavy atom. The van der Waals surface area contributed by atoms with Crippen molar-refractivity contribution in [3.8, 4) is 0 Å². The first kappa shape index (κ1) is 14.1. The van der Waals surface area contributed by atoms with E-state index in [2.05, 4.69) is 5.32 Å². The molecule has 1 amide bonds. The van der Waals surface area contributed by atoms with Crippen molar-refractivity contribution in [1.82, 2.24) is 5.32 Å². The highest BCUT2D eigenvalue weighted by atomic mass is 16.3. The van der Waals surface area contributed by atoms with Gasteiger partial charge in [0.25, 0.3) is 0 Å². The smallest absolute Gasteiger partial charge is 0.244 e. The van der Waals surface area contributed by atoms with E-state index in [4.69, 9.17) is 4.42 Å². The lowest BCUT2D eigenvalue weighted by molar-refractivity contribution is -0.117. The summed E-state index contributed by atoms with van der Waals surface area (Å²) in [6.45, 7) is 5.89. The summed E-state index contributed by atoms with van der Waals surface area (Å²) >= 11 is 0. The average molecular weight is 269 g/mol. The Morgan fingerprint density at radius 3 is 2.60 bits per heavy atom. The van der Waals surface area contributed by atoms with Crippen LogP contribution >= 0.6 is 0 Å². The molecule has 1 aromatic heterocycles. The van der Waals surface area contributed by atoms with Crippen molar-refractivity contribution >= 4 is 12.0 Å². The van der Waals surface area contributed by atoms with E-state index in [-0.39, 0.29) is 11.9 Å². The molecular formula is C17H19NO2. The van der Waals surface area contributed by atoms with Gasteiger partial charge in [-0.15, -0.1) is 0 Å². The van der Waals surface area contributed by atoms with Crippen LogP contribution in [0.15, 0.2) is 46.9 Å². The SMILES string of the molecule is Cc1ccc(/C=C/C(=O)NC(C)c2ccccc2C)o1. The lowest BCUT2D eigenvalue weighted by Gasteiger charge is -2.15. The van der Waals surface area contributed by atoms with Gasteiger partial charge >= 0.3 is 0 Å². The molecule has 0 radical (unpaired) electrons. The summed E-state index contributed by atoms with van der Waals surface area (Å²) in [5, 5.41) is 2.95. The third-order valence-electron chi connectivity index (χ3n) is 3.17. The molecule has 0 aliphatic carbocycles. The lowest BCUT2D eigenvalue weighted by Crippen LogP contribution is -2.25. The van der Waals surface area contributed by atoms with Crippen LogP contribution in [0.1, 0.15) is 35.6 Å². The van der Waals surface area contributed by atoms with Crippen LogP contribution in [0.25, 0.3) is 6.08 Å². The predicted molar refractivity (Wildman–Crippen MR) is 80.2 cm³/mol. The van der Waals surface area contributed by atoms with Crippen molar-refractivity contribution < 1.29 is 9.21 Å². The molecule has 1 N–H and O–H groups in total. The fourth-order valence-electron chi connectivity index (χ4n) is 2.11. The second-order valence-electron chi connectivity index (χ2n) is 4.87. The molecule has 104 valence electrons. The number of aryl methyl sites for hydroxylation is 2. The van der Waals surface area contributed by atoms with E-state index >= 15 is 0 Å². The van der Waals surface area contributed by atoms with Crippen LogP contribution in [0.2, 0.25) is 0 Å². The van der Waals surface area contributed by atoms with Gasteiger partial charge in [-0.05, 0) is 50.1 Å². The van der Waals surface area contributed by atoms with Gasteiger partial charge in [0.1, 0.15) is 11.5 Å². The Morgan fingerprint density at radius 2 is 1.95 bits per heavy atom. The average Bonchev–Trinajstić information content (AvgIpc) is 2.82. The summed E-state index contributed by atoms with van der Waals surface area (Å²) in [6.07, 6.45) is 3.17. The summed E-state index contributed by atoms with van der Waals surface area (Å²) in [6, 6.07) is 11.7. The molecule has 0 aliphatic heterocycles. The maximum Gasteiger partial charge on any atom is 0.244 e. The fourth-order valence-corrected chi connectivity index (χ4v) is 2.11. The zero-order chi connectivity index (χ0) is 14.5. The number of carbonyl (C=O) groups excluding carboxylic acids is 1. The molecule has 1 unspecified atom stereocenters.